The second-order valence-electron chi connectivity index (χ2n) is 7.34. The number of hydrogen-bond donors (Lipinski definition) is 1. The van der Waals surface area contributed by atoms with Crippen molar-refractivity contribution < 1.29 is 4.79 Å². The lowest BCUT2D eigenvalue weighted by atomic mass is 9.86. The monoisotopic (exact) mass is 324 g/mol. The number of hydrogen-bond acceptors (Lipinski definition) is 2. The van der Waals surface area contributed by atoms with Crippen molar-refractivity contribution in [2.24, 2.45) is 11.7 Å². The van der Waals surface area contributed by atoms with E-state index in [1.165, 1.54) is 5.56 Å². The highest BCUT2D eigenvalue weighted by molar-refractivity contribution is 5.94. The number of benzene rings is 1. The SMILES string of the molecule is CC1CCN(C(=O)c2ccc(C(C)(C)C)cc2)C(CN)C1.Cl. The van der Waals surface area contributed by atoms with Gasteiger partial charge in [0.2, 0.25) is 0 Å². The first kappa shape index (κ1) is 19.0. The smallest absolute Gasteiger partial charge is 0.254 e. The molecule has 2 rings (SSSR count). The van der Waals surface area contributed by atoms with E-state index in [2.05, 4.69) is 39.8 Å². The molecule has 1 fully saturated rings. The van der Waals surface area contributed by atoms with Crippen LogP contribution >= 0.6 is 12.4 Å². The molecule has 0 radical (unpaired) electrons. The Balaban J connectivity index is 0.00000242. The van der Waals surface area contributed by atoms with E-state index in [-0.39, 0.29) is 29.8 Å². The Morgan fingerprint density at radius 2 is 1.86 bits per heavy atom. The van der Waals surface area contributed by atoms with Gasteiger partial charge in [0, 0.05) is 24.7 Å². The fraction of sp³-hybridized carbons (Fsp3) is 0.611. The summed E-state index contributed by atoms with van der Waals surface area (Å²) in [6, 6.07) is 8.22. The third-order valence-corrected chi connectivity index (χ3v) is 4.51. The predicted molar refractivity (Wildman–Crippen MR) is 94.7 cm³/mol. The Morgan fingerprint density at radius 3 is 2.36 bits per heavy atom. The first-order valence-corrected chi connectivity index (χ1v) is 7.94. The van der Waals surface area contributed by atoms with Crippen LogP contribution in [0.5, 0.6) is 0 Å². The van der Waals surface area contributed by atoms with E-state index in [1.54, 1.807) is 0 Å². The molecule has 2 unspecified atom stereocenters. The number of carbonyl (C=O) groups excluding carboxylic acids is 1. The van der Waals surface area contributed by atoms with Gasteiger partial charge in [0.05, 0.1) is 0 Å². The molecule has 1 aromatic carbocycles. The molecule has 0 saturated carbocycles. The van der Waals surface area contributed by atoms with Gasteiger partial charge in [-0.1, -0.05) is 39.8 Å². The molecular weight excluding hydrogens is 296 g/mol. The van der Waals surface area contributed by atoms with Gasteiger partial charge >= 0.3 is 0 Å². The molecule has 4 heteroatoms. The van der Waals surface area contributed by atoms with Crippen molar-refractivity contribution in [1.82, 2.24) is 4.90 Å². The zero-order chi connectivity index (χ0) is 15.6. The van der Waals surface area contributed by atoms with Crippen LogP contribution in [0.2, 0.25) is 0 Å². The molecule has 3 nitrogen and oxygen atoms in total. The summed E-state index contributed by atoms with van der Waals surface area (Å²) in [6.07, 6.45) is 2.09. The highest BCUT2D eigenvalue weighted by Gasteiger charge is 2.29. The number of piperidine rings is 1. The minimum absolute atomic E-state index is 0. The summed E-state index contributed by atoms with van der Waals surface area (Å²) in [4.78, 5) is 14.7. The van der Waals surface area contributed by atoms with Crippen molar-refractivity contribution in [3.63, 3.8) is 0 Å². The summed E-state index contributed by atoms with van der Waals surface area (Å²) in [5.41, 5.74) is 8.00. The molecule has 1 amide bonds. The van der Waals surface area contributed by atoms with Crippen molar-refractivity contribution >= 4 is 18.3 Å². The van der Waals surface area contributed by atoms with Crippen LogP contribution in [0.1, 0.15) is 56.5 Å². The fourth-order valence-electron chi connectivity index (χ4n) is 3.02. The van der Waals surface area contributed by atoms with Crippen LogP contribution in [0.4, 0.5) is 0 Å². The second-order valence-corrected chi connectivity index (χ2v) is 7.34. The highest BCUT2D eigenvalue weighted by atomic mass is 35.5. The molecule has 0 bridgehead atoms. The number of nitrogens with zero attached hydrogens (tertiary/aromatic N) is 1. The quantitative estimate of drug-likeness (QED) is 0.903. The van der Waals surface area contributed by atoms with Gasteiger partial charge in [-0.2, -0.15) is 0 Å². The Hall–Kier alpha value is -1.06. The molecule has 22 heavy (non-hydrogen) atoms. The Morgan fingerprint density at radius 1 is 1.27 bits per heavy atom. The van der Waals surface area contributed by atoms with E-state index in [0.717, 1.165) is 24.9 Å². The Labute approximate surface area is 140 Å². The molecule has 2 atom stereocenters. The summed E-state index contributed by atoms with van der Waals surface area (Å²) < 4.78 is 0. The maximum Gasteiger partial charge on any atom is 0.254 e. The number of rotatable bonds is 2. The standard InChI is InChI=1S/C18H28N2O.ClH/c1-13-9-10-20(16(11-13)12-19)17(21)14-5-7-15(8-6-14)18(2,3)4;/h5-8,13,16H,9-12,19H2,1-4H3;1H. The summed E-state index contributed by atoms with van der Waals surface area (Å²) in [6.45, 7) is 10.2. The molecule has 0 aliphatic carbocycles. The van der Waals surface area contributed by atoms with Crippen molar-refractivity contribution in [2.45, 2.75) is 52.0 Å². The Kier molecular flexibility index (Phi) is 6.45. The lowest BCUT2D eigenvalue weighted by Crippen LogP contribution is -2.49. The minimum atomic E-state index is 0. The highest BCUT2D eigenvalue weighted by Crippen LogP contribution is 2.25. The largest absolute Gasteiger partial charge is 0.334 e. The molecule has 1 saturated heterocycles. The number of nitrogens with two attached hydrogens (primary N) is 1. The van der Waals surface area contributed by atoms with Crippen LogP contribution in [-0.2, 0) is 5.41 Å². The third kappa shape index (κ3) is 4.23. The lowest BCUT2D eigenvalue weighted by molar-refractivity contribution is 0.0573. The van der Waals surface area contributed by atoms with Crippen molar-refractivity contribution in [2.75, 3.05) is 13.1 Å². The fourth-order valence-corrected chi connectivity index (χ4v) is 3.02. The lowest BCUT2D eigenvalue weighted by Gasteiger charge is -2.38. The van der Waals surface area contributed by atoms with Crippen molar-refractivity contribution in [3.05, 3.63) is 35.4 Å². The second kappa shape index (κ2) is 7.47. The summed E-state index contributed by atoms with van der Waals surface area (Å²) in [7, 11) is 0. The summed E-state index contributed by atoms with van der Waals surface area (Å²) in [5, 5.41) is 0. The van der Waals surface area contributed by atoms with Crippen LogP contribution in [-0.4, -0.2) is 29.9 Å². The van der Waals surface area contributed by atoms with Crippen LogP contribution in [0, 0.1) is 5.92 Å². The molecule has 1 aromatic rings. The van der Waals surface area contributed by atoms with Crippen LogP contribution < -0.4 is 5.73 Å². The average molecular weight is 325 g/mol. The Bertz CT molecular complexity index is 493. The van der Waals surface area contributed by atoms with E-state index < -0.39 is 0 Å². The first-order valence-electron chi connectivity index (χ1n) is 7.94. The van der Waals surface area contributed by atoms with E-state index in [9.17, 15) is 4.79 Å². The van der Waals surface area contributed by atoms with Crippen LogP contribution in [0.25, 0.3) is 0 Å². The molecule has 124 valence electrons. The summed E-state index contributed by atoms with van der Waals surface area (Å²) >= 11 is 0. The van der Waals surface area contributed by atoms with Gasteiger partial charge in [-0.05, 0) is 41.9 Å². The van der Waals surface area contributed by atoms with Crippen molar-refractivity contribution in [1.29, 1.82) is 0 Å². The van der Waals surface area contributed by atoms with Gasteiger partial charge in [0.25, 0.3) is 5.91 Å². The van der Waals surface area contributed by atoms with Gasteiger partial charge in [0.15, 0.2) is 0 Å². The van der Waals surface area contributed by atoms with E-state index >= 15 is 0 Å². The number of carbonyl (C=O) groups is 1. The summed E-state index contributed by atoms with van der Waals surface area (Å²) in [5.74, 6) is 0.781. The molecular formula is C18H29ClN2O. The van der Waals surface area contributed by atoms with E-state index in [1.807, 2.05) is 17.0 Å². The number of likely N-dealkylation sites (tertiary alicyclic amines) is 1. The minimum Gasteiger partial charge on any atom is -0.334 e. The molecule has 1 aliphatic rings. The van der Waals surface area contributed by atoms with E-state index in [4.69, 9.17) is 5.73 Å². The van der Waals surface area contributed by atoms with Crippen LogP contribution in [0.15, 0.2) is 24.3 Å². The normalized spacial score (nSPS) is 22.1. The molecule has 0 spiro atoms. The molecule has 2 N–H and O–H groups in total. The maximum absolute atomic E-state index is 12.7. The zero-order valence-corrected chi connectivity index (χ0v) is 15.0. The van der Waals surface area contributed by atoms with Gasteiger partial charge in [-0.15, -0.1) is 12.4 Å². The number of halogens is 1. The van der Waals surface area contributed by atoms with Gasteiger partial charge in [-0.25, -0.2) is 0 Å². The van der Waals surface area contributed by atoms with Gasteiger partial charge in [-0.3, -0.25) is 4.79 Å². The predicted octanol–water partition coefficient (Wildman–Crippen LogP) is 3.61. The topological polar surface area (TPSA) is 46.3 Å². The van der Waals surface area contributed by atoms with E-state index in [0.29, 0.717) is 12.5 Å². The molecule has 1 aliphatic heterocycles. The molecule has 1 heterocycles. The number of amides is 1. The first-order chi connectivity index (χ1) is 9.82. The third-order valence-electron chi connectivity index (χ3n) is 4.51. The average Bonchev–Trinajstić information content (AvgIpc) is 2.45. The van der Waals surface area contributed by atoms with Crippen LogP contribution in [0.3, 0.4) is 0 Å². The maximum atomic E-state index is 12.7. The zero-order valence-electron chi connectivity index (χ0n) is 14.1. The van der Waals surface area contributed by atoms with Gasteiger partial charge < -0.3 is 10.6 Å². The van der Waals surface area contributed by atoms with Gasteiger partial charge in [0.1, 0.15) is 0 Å². The molecule has 0 aromatic heterocycles. The van der Waals surface area contributed by atoms with Crippen molar-refractivity contribution in [3.8, 4) is 0 Å².